The van der Waals surface area contributed by atoms with Gasteiger partial charge in [-0.15, -0.1) is 10.2 Å². The minimum Gasteiger partial charge on any atom is -0.245 e. The highest BCUT2D eigenvalue weighted by Crippen LogP contribution is 2.32. The predicted molar refractivity (Wildman–Crippen MR) is 117 cm³/mol. The fourth-order valence-corrected chi connectivity index (χ4v) is 3.51. The fraction of sp³-hybridized carbons (Fsp3) is 0.348. The molecule has 0 saturated carbocycles. The normalized spacial score (nSPS) is 12.8. The number of hydrogen-bond acceptors (Lipinski definition) is 5. The maximum atomic E-state index is 14.2. The third-order valence-corrected chi connectivity index (χ3v) is 5.65. The second-order valence-corrected chi connectivity index (χ2v) is 7.81. The third-order valence-electron chi connectivity index (χ3n) is 5.65. The number of hydrogen-bond donors (Lipinski definition) is 1. The number of H-pyrrole nitrogens is 1. The largest absolute Gasteiger partial charge is 0.308 e. The SMILES string of the molecule is CCC(C)c1nc(C(F)(F)CC)nn1Cc1ccc(-c2ccccc2-c2nnn[nH]2)cc1. The van der Waals surface area contributed by atoms with Crippen LogP contribution in [0.1, 0.15) is 56.7 Å². The Bertz CT molecular complexity index is 1170. The maximum absolute atomic E-state index is 14.2. The van der Waals surface area contributed by atoms with Gasteiger partial charge in [-0.3, -0.25) is 0 Å². The molecule has 2 aromatic heterocycles. The molecule has 32 heavy (non-hydrogen) atoms. The van der Waals surface area contributed by atoms with Gasteiger partial charge in [-0.2, -0.15) is 8.78 Å². The quantitative estimate of drug-likeness (QED) is 0.410. The predicted octanol–water partition coefficient (Wildman–Crippen LogP) is 5.19. The number of halogens is 2. The summed E-state index contributed by atoms with van der Waals surface area (Å²) in [5.74, 6) is -2.22. The lowest BCUT2D eigenvalue weighted by molar-refractivity contribution is -0.0177. The molecule has 0 fully saturated rings. The Morgan fingerprint density at radius 1 is 1.03 bits per heavy atom. The summed E-state index contributed by atoms with van der Waals surface area (Å²) < 4.78 is 30.1. The van der Waals surface area contributed by atoms with E-state index >= 15 is 0 Å². The van der Waals surface area contributed by atoms with Gasteiger partial charge in [0.2, 0.25) is 5.82 Å². The molecule has 0 aliphatic carbocycles. The number of benzene rings is 2. The van der Waals surface area contributed by atoms with Crippen LogP contribution in [0.25, 0.3) is 22.5 Å². The minimum absolute atomic E-state index is 0.0329. The second kappa shape index (κ2) is 8.94. The summed E-state index contributed by atoms with van der Waals surface area (Å²) >= 11 is 0. The molecular formula is C23H25F2N7. The molecule has 2 heterocycles. The molecule has 7 nitrogen and oxygen atoms in total. The van der Waals surface area contributed by atoms with Crippen molar-refractivity contribution < 1.29 is 8.78 Å². The molecule has 0 saturated heterocycles. The number of rotatable bonds is 8. The highest BCUT2D eigenvalue weighted by atomic mass is 19.3. The summed E-state index contributed by atoms with van der Waals surface area (Å²) in [7, 11) is 0. The van der Waals surface area contributed by atoms with E-state index in [2.05, 4.69) is 30.7 Å². The van der Waals surface area contributed by atoms with Crippen molar-refractivity contribution in [1.29, 1.82) is 0 Å². The Labute approximate surface area is 184 Å². The molecule has 0 aliphatic rings. The first-order valence-electron chi connectivity index (χ1n) is 10.7. The zero-order valence-corrected chi connectivity index (χ0v) is 18.3. The van der Waals surface area contributed by atoms with Crippen LogP contribution in [-0.4, -0.2) is 35.4 Å². The van der Waals surface area contributed by atoms with Crippen LogP contribution in [0.5, 0.6) is 0 Å². The van der Waals surface area contributed by atoms with Gasteiger partial charge in [0, 0.05) is 17.9 Å². The van der Waals surface area contributed by atoms with Gasteiger partial charge in [-0.05, 0) is 33.5 Å². The zero-order chi connectivity index (χ0) is 22.7. The summed E-state index contributed by atoms with van der Waals surface area (Å²) in [6, 6.07) is 15.8. The standard InChI is InChI=1S/C23H25F2N7/c1-4-15(3)21-26-22(23(24,25)5-2)29-32(21)14-16-10-12-17(13-11-16)18-8-6-7-9-19(18)20-27-30-31-28-20/h6-13,15H,4-5,14H2,1-3H3,(H,27,28,30,31). The van der Waals surface area contributed by atoms with Crippen LogP contribution in [-0.2, 0) is 12.5 Å². The van der Waals surface area contributed by atoms with E-state index in [0.29, 0.717) is 18.2 Å². The molecule has 4 aromatic rings. The Hall–Kier alpha value is -3.49. The molecule has 1 unspecified atom stereocenters. The van der Waals surface area contributed by atoms with E-state index in [9.17, 15) is 8.78 Å². The zero-order valence-electron chi connectivity index (χ0n) is 18.3. The van der Waals surface area contributed by atoms with Crippen LogP contribution in [0, 0.1) is 0 Å². The molecule has 166 valence electrons. The summed E-state index contributed by atoms with van der Waals surface area (Å²) in [6.07, 6.45) is 0.466. The van der Waals surface area contributed by atoms with Gasteiger partial charge in [0.15, 0.2) is 5.82 Å². The van der Waals surface area contributed by atoms with Gasteiger partial charge < -0.3 is 0 Å². The number of nitrogens with one attached hydrogen (secondary N) is 1. The van der Waals surface area contributed by atoms with Crippen molar-refractivity contribution >= 4 is 0 Å². The molecule has 0 radical (unpaired) electrons. The molecule has 1 atom stereocenters. The van der Waals surface area contributed by atoms with E-state index < -0.39 is 11.7 Å². The lowest BCUT2D eigenvalue weighted by Crippen LogP contribution is -2.14. The number of tetrazole rings is 1. The molecule has 0 bridgehead atoms. The average Bonchev–Trinajstić information content (AvgIpc) is 3.50. The van der Waals surface area contributed by atoms with Crippen molar-refractivity contribution in [2.45, 2.75) is 52.0 Å². The van der Waals surface area contributed by atoms with Gasteiger partial charge in [-0.25, -0.2) is 14.8 Å². The molecule has 1 N–H and O–H groups in total. The van der Waals surface area contributed by atoms with Crippen LogP contribution in [0.3, 0.4) is 0 Å². The van der Waals surface area contributed by atoms with E-state index in [-0.39, 0.29) is 12.3 Å². The summed E-state index contributed by atoms with van der Waals surface area (Å²) in [5, 5.41) is 18.3. The number of nitrogens with zero attached hydrogens (tertiary/aromatic N) is 6. The first-order valence-corrected chi connectivity index (χ1v) is 10.7. The van der Waals surface area contributed by atoms with E-state index in [1.54, 1.807) is 4.68 Å². The molecular weight excluding hydrogens is 412 g/mol. The number of alkyl halides is 2. The summed E-state index contributed by atoms with van der Waals surface area (Å²) in [4.78, 5) is 4.20. The molecule has 4 rings (SSSR count). The van der Waals surface area contributed by atoms with Crippen LogP contribution < -0.4 is 0 Å². The van der Waals surface area contributed by atoms with Gasteiger partial charge in [0.05, 0.1) is 6.54 Å². The first-order chi connectivity index (χ1) is 15.4. The van der Waals surface area contributed by atoms with Crippen molar-refractivity contribution in [2.75, 3.05) is 0 Å². The number of aromatic amines is 1. The van der Waals surface area contributed by atoms with E-state index in [4.69, 9.17) is 0 Å². The molecule has 0 aliphatic heterocycles. The Balaban J connectivity index is 1.63. The van der Waals surface area contributed by atoms with Crippen molar-refractivity contribution in [3.63, 3.8) is 0 Å². The number of aromatic nitrogens is 7. The molecule has 2 aromatic carbocycles. The van der Waals surface area contributed by atoms with E-state index in [1.165, 1.54) is 6.92 Å². The summed E-state index contributed by atoms with van der Waals surface area (Å²) in [6.45, 7) is 5.81. The molecule has 0 amide bonds. The van der Waals surface area contributed by atoms with Gasteiger partial charge in [-0.1, -0.05) is 69.3 Å². The van der Waals surface area contributed by atoms with E-state index in [0.717, 1.165) is 28.7 Å². The molecule has 0 spiro atoms. The third kappa shape index (κ3) is 4.28. The minimum atomic E-state index is -3.03. The van der Waals surface area contributed by atoms with Gasteiger partial charge >= 0.3 is 5.92 Å². The lowest BCUT2D eigenvalue weighted by atomic mass is 9.98. The fourth-order valence-electron chi connectivity index (χ4n) is 3.51. The van der Waals surface area contributed by atoms with Crippen molar-refractivity contribution in [1.82, 2.24) is 35.4 Å². The topological polar surface area (TPSA) is 85.2 Å². The van der Waals surface area contributed by atoms with Crippen LogP contribution in [0.15, 0.2) is 48.5 Å². The smallest absolute Gasteiger partial charge is 0.245 e. The average molecular weight is 437 g/mol. The van der Waals surface area contributed by atoms with Crippen LogP contribution >= 0.6 is 0 Å². The highest BCUT2D eigenvalue weighted by molar-refractivity contribution is 5.80. The van der Waals surface area contributed by atoms with Crippen molar-refractivity contribution in [3.8, 4) is 22.5 Å². The maximum Gasteiger partial charge on any atom is 0.308 e. The Morgan fingerprint density at radius 3 is 2.38 bits per heavy atom. The van der Waals surface area contributed by atoms with Gasteiger partial charge in [0.1, 0.15) is 5.82 Å². The van der Waals surface area contributed by atoms with Gasteiger partial charge in [0.25, 0.3) is 0 Å². The van der Waals surface area contributed by atoms with Crippen molar-refractivity contribution in [2.24, 2.45) is 0 Å². The summed E-state index contributed by atoms with van der Waals surface area (Å²) in [5.41, 5.74) is 3.84. The highest BCUT2D eigenvalue weighted by Gasteiger charge is 2.35. The molecule has 9 heteroatoms. The van der Waals surface area contributed by atoms with Crippen LogP contribution in [0.2, 0.25) is 0 Å². The Kier molecular flexibility index (Phi) is 6.07. The van der Waals surface area contributed by atoms with E-state index in [1.807, 2.05) is 62.4 Å². The lowest BCUT2D eigenvalue weighted by Gasteiger charge is -2.12. The van der Waals surface area contributed by atoms with Crippen molar-refractivity contribution in [3.05, 3.63) is 65.7 Å². The van der Waals surface area contributed by atoms with Crippen LogP contribution in [0.4, 0.5) is 8.78 Å². The first kappa shape index (κ1) is 21.7. The second-order valence-electron chi connectivity index (χ2n) is 7.81. The monoisotopic (exact) mass is 437 g/mol. The Morgan fingerprint density at radius 2 is 1.75 bits per heavy atom.